The van der Waals surface area contributed by atoms with Crippen LogP contribution in [0.5, 0.6) is 0 Å². The van der Waals surface area contributed by atoms with Crippen molar-refractivity contribution in [3.63, 3.8) is 0 Å². The van der Waals surface area contributed by atoms with Gasteiger partial charge in [0.25, 0.3) is 5.91 Å². The number of piperidine rings is 1. The summed E-state index contributed by atoms with van der Waals surface area (Å²) in [6.45, 7) is 4.05. The van der Waals surface area contributed by atoms with Crippen molar-refractivity contribution in [3.8, 4) is 0 Å². The minimum atomic E-state index is 0.204. The van der Waals surface area contributed by atoms with E-state index in [1.165, 1.54) is 11.3 Å². The average Bonchev–Trinajstić information content (AvgIpc) is 3.33. The van der Waals surface area contributed by atoms with Crippen LogP contribution in [0.2, 0.25) is 0 Å². The molecule has 132 valence electrons. The number of thioether (sulfide) groups is 1. The molecule has 0 saturated carbocycles. The molecule has 1 spiro atoms. The van der Waals surface area contributed by atoms with Crippen LogP contribution in [0.4, 0.5) is 0 Å². The minimum absolute atomic E-state index is 0.204. The largest absolute Gasteiger partial charge is 0.339 e. The third kappa shape index (κ3) is 3.78. The fraction of sp³-hybridized carbons (Fsp3) is 0.450. The van der Waals surface area contributed by atoms with Crippen molar-refractivity contribution in [3.05, 3.63) is 52.2 Å². The Balaban J connectivity index is 1.43. The van der Waals surface area contributed by atoms with Crippen molar-refractivity contribution < 1.29 is 4.79 Å². The first kappa shape index (κ1) is 17.1. The maximum Gasteiger partial charge on any atom is 0.254 e. The van der Waals surface area contributed by atoms with Crippen molar-refractivity contribution in [1.29, 1.82) is 0 Å². The molecule has 0 aliphatic carbocycles. The fourth-order valence-corrected chi connectivity index (χ4v) is 5.71. The van der Waals surface area contributed by atoms with Gasteiger partial charge in [0.05, 0.1) is 5.56 Å². The Bertz CT molecular complexity index is 713. The summed E-state index contributed by atoms with van der Waals surface area (Å²) in [4.78, 5) is 17.6. The number of nitrogens with one attached hydrogen (secondary N) is 1. The number of hydrogen-bond acceptors (Lipinski definition) is 4. The molecule has 4 rings (SSSR count). The fourth-order valence-electron chi connectivity index (χ4n) is 3.89. The first-order valence-electron chi connectivity index (χ1n) is 9.00. The number of benzene rings is 1. The highest BCUT2D eigenvalue weighted by atomic mass is 32.2. The number of rotatable bonds is 4. The summed E-state index contributed by atoms with van der Waals surface area (Å²) in [5.74, 6) is 1.13. The highest BCUT2D eigenvalue weighted by molar-refractivity contribution is 7.98. The van der Waals surface area contributed by atoms with Gasteiger partial charge in [-0.3, -0.25) is 4.79 Å². The average molecular weight is 373 g/mol. The van der Waals surface area contributed by atoms with E-state index in [0.29, 0.717) is 5.41 Å². The number of carbonyl (C=O) groups is 1. The summed E-state index contributed by atoms with van der Waals surface area (Å²) in [5.41, 5.74) is 1.31. The van der Waals surface area contributed by atoms with Crippen LogP contribution < -0.4 is 5.32 Å². The molecular weight excluding hydrogens is 348 g/mol. The second-order valence-corrected chi connectivity index (χ2v) is 9.13. The highest BCUT2D eigenvalue weighted by Gasteiger charge is 2.38. The first-order chi connectivity index (χ1) is 12.3. The molecule has 2 fully saturated rings. The lowest BCUT2D eigenvalue weighted by atomic mass is 9.78. The normalized spacial score (nSPS) is 19.4. The maximum atomic E-state index is 13.1. The van der Waals surface area contributed by atoms with Gasteiger partial charge < -0.3 is 10.2 Å². The molecule has 2 aliphatic rings. The maximum absolute atomic E-state index is 13.1. The third-order valence-corrected chi connectivity index (χ3v) is 7.69. The van der Waals surface area contributed by atoms with Crippen molar-refractivity contribution >= 4 is 29.0 Å². The lowest BCUT2D eigenvalue weighted by Crippen LogP contribution is -2.44. The molecule has 5 heteroatoms. The van der Waals surface area contributed by atoms with Gasteiger partial charge in [0, 0.05) is 35.2 Å². The summed E-state index contributed by atoms with van der Waals surface area (Å²) in [5, 5.41) is 5.60. The topological polar surface area (TPSA) is 32.3 Å². The molecule has 0 radical (unpaired) electrons. The molecule has 0 unspecified atom stereocenters. The predicted molar refractivity (Wildman–Crippen MR) is 105 cm³/mol. The zero-order valence-electron chi connectivity index (χ0n) is 14.4. The number of nitrogens with zero attached hydrogens (tertiary/aromatic N) is 1. The molecule has 1 amide bonds. The highest BCUT2D eigenvalue weighted by Crippen LogP contribution is 2.37. The molecule has 2 saturated heterocycles. The summed E-state index contributed by atoms with van der Waals surface area (Å²) in [6, 6.07) is 12.3. The van der Waals surface area contributed by atoms with E-state index in [-0.39, 0.29) is 5.91 Å². The Morgan fingerprint density at radius 2 is 2.00 bits per heavy atom. The Kier molecular flexibility index (Phi) is 5.15. The van der Waals surface area contributed by atoms with Crippen molar-refractivity contribution in [1.82, 2.24) is 10.2 Å². The van der Waals surface area contributed by atoms with Crippen LogP contribution >= 0.6 is 23.1 Å². The van der Waals surface area contributed by atoms with Crippen LogP contribution in [0.1, 0.15) is 34.5 Å². The van der Waals surface area contributed by atoms with E-state index in [4.69, 9.17) is 0 Å². The van der Waals surface area contributed by atoms with Gasteiger partial charge in [0.1, 0.15) is 0 Å². The molecule has 3 nitrogen and oxygen atoms in total. The summed E-state index contributed by atoms with van der Waals surface area (Å²) < 4.78 is 0. The van der Waals surface area contributed by atoms with Crippen molar-refractivity contribution in [2.24, 2.45) is 5.41 Å². The number of carbonyl (C=O) groups excluding carboxylic acids is 1. The van der Waals surface area contributed by atoms with E-state index in [2.05, 4.69) is 33.8 Å². The second kappa shape index (κ2) is 7.52. The van der Waals surface area contributed by atoms with Crippen LogP contribution in [0.25, 0.3) is 0 Å². The van der Waals surface area contributed by atoms with E-state index < -0.39 is 0 Å². The van der Waals surface area contributed by atoms with Gasteiger partial charge in [-0.05, 0) is 54.8 Å². The van der Waals surface area contributed by atoms with Crippen LogP contribution in [-0.4, -0.2) is 37.0 Å². The molecule has 1 aromatic carbocycles. The molecule has 1 N–H and O–H groups in total. The Morgan fingerprint density at radius 1 is 1.16 bits per heavy atom. The van der Waals surface area contributed by atoms with E-state index in [1.807, 2.05) is 18.2 Å². The number of amides is 1. The van der Waals surface area contributed by atoms with E-state index in [0.717, 1.165) is 55.2 Å². The molecule has 2 aromatic rings. The van der Waals surface area contributed by atoms with Gasteiger partial charge >= 0.3 is 0 Å². The zero-order valence-corrected chi connectivity index (χ0v) is 16.0. The van der Waals surface area contributed by atoms with Crippen molar-refractivity contribution in [2.45, 2.75) is 29.9 Å². The summed E-state index contributed by atoms with van der Waals surface area (Å²) >= 11 is 3.54. The quantitative estimate of drug-likeness (QED) is 0.814. The smallest absolute Gasteiger partial charge is 0.254 e. The van der Waals surface area contributed by atoms with Crippen LogP contribution in [0.15, 0.2) is 46.7 Å². The summed E-state index contributed by atoms with van der Waals surface area (Å²) in [7, 11) is 0. The standard InChI is InChI=1S/C20H24N2OS2/c23-19(22-11-8-20(9-12-22)7-10-21-15-20)17-5-1-2-6-18(17)25-14-16-4-3-13-24-16/h1-6,13,21H,7-12,14-15H2. The monoisotopic (exact) mass is 372 g/mol. The van der Waals surface area contributed by atoms with Gasteiger partial charge in [-0.1, -0.05) is 18.2 Å². The Morgan fingerprint density at radius 3 is 2.72 bits per heavy atom. The molecule has 25 heavy (non-hydrogen) atoms. The third-order valence-electron chi connectivity index (χ3n) is 5.51. The van der Waals surface area contributed by atoms with Crippen LogP contribution in [0.3, 0.4) is 0 Å². The minimum Gasteiger partial charge on any atom is -0.339 e. The van der Waals surface area contributed by atoms with Gasteiger partial charge in [-0.15, -0.1) is 23.1 Å². The van der Waals surface area contributed by atoms with Gasteiger partial charge in [0.15, 0.2) is 0 Å². The molecule has 0 atom stereocenters. The van der Waals surface area contributed by atoms with E-state index in [1.54, 1.807) is 23.1 Å². The number of hydrogen-bond donors (Lipinski definition) is 1. The lowest BCUT2D eigenvalue weighted by Gasteiger charge is -2.39. The zero-order chi connectivity index (χ0) is 17.1. The molecule has 1 aromatic heterocycles. The number of thiophene rings is 1. The Labute approximate surface area is 157 Å². The molecule has 2 aliphatic heterocycles. The van der Waals surface area contributed by atoms with Crippen LogP contribution in [0, 0.1) is 5.41 Å². The van der Waals surface area contributed by atoms with Gasteiger partial charge in [-0.25, -0.2) is 0 Å². The van der Waals surface area contributed by atoms with Gasteiger partial charge in [0.2, 0.25) is 0 Å². The van der Waals surface area contributed by atoms with Gasteiger partial charge in [-0.2, -0.15) is 0 Å². The van der Waals surface area contributed by atoms with E-state index in [9.17, 15) is 4.79 Å². The molecular formula is C20H24N2OS2. The molecule has 0 bridgehead atoms. The molecule has 3 heterocycles. The van der Waals surface area contributed by atoms with E-state index >= 15 is 0 Å². The first-order valence-corrected chi connectivity index (χ1v) is 10.9. The number of likely N-dealkylation sites (tertiary alicyclic amines) is 1. The van der Waals surface area contributed by atoms with Crippen LogP contribution in [-0.2, 0) is 5.75 Å². The predicted octanol–water partition coefficient (Wildman–Crippen LogP) is 4.26. The lowest BCUT2D eigenvalue weighted by molar-refractivity contribution is 0.0604. The van der Waals surface area contributed by atoms with Crippen molar-refractivity contribution in [2.75, 3.05) is 26.2 Å². The summed E-state index contributed by atoms with van der Waals surface area (Å²) in [6.07, 6.45) is 3.54. The second-order valence-electron chi connectivity index (χ2n) is 7.08. The SMILES string of the molecule is O=C(c1ccccc1SCc1cccs1)N1CCC2(CCNC2)CC1. The Hall–Kier alpha value is -1.30.